The summed E-state index contributed by atoms with van der Waals surface area (Å²) in [5.41, 5.74) is 0. The Balaban J connectivity index is 3.28. The fraction of sp³-hybridized carbons (Fsp3) is 0.889. The second kappa shape index (κ2) is 8.74. The Labute approximate surface area is 94.0 Å². The molecule has 0 unspecified atom stereocenters. The Morgan fingerprint density at radius 2 is 2.00 bits per heavy atom. The molecule has 0 aliphatic heterocycles. The third kappa shape index (κ3) is 7.25. The van der Waals surface area contributed by atoms with Crippen LogP contribution in [-0.4, -0.2) is 41.5 Å². The van der Waals surface area contributed by atoms with E-state index in [-0.39, 0.29) is 5.97 Å². The van der Waals surface area contributed by atoms with Crippen LogP contribution in [0.25, 0.3) is 0 Å². The summed E-state index contributed by atoms with van der Waals surface area (Å²) in [7, 11) is 0. The monoisotopic (exact) mass is 299 g/mol. The van der Waals surface area contributed by atoms with E-state index in [1.807, 2.05) is 22.6 Å². The second-order valence-electron chi connectivity index (χ2n) is 2.73. The standard InChI is InChI=1S/C9H18INO2/c1-3-11(4-2)6-5-7-13-9(12)8-10/h3-8H2,1-2H3. The molecule has 0 saturated carbocycles. The Morgan fingerprint density at radius 1 is 1.38 bits per heavy atom. The van der Waals surface area contributed by atoms with Crippen molar-refractivity contribution in [3.63, 3.8) is 0 Å². The molecule has 3 nitrogen and oxygen atoms in total. The highest BCUT2D eigenvalue weighted by Crippen LogP contribution is 1.93. The van der Waals surface area contributed by atoms with Gasteiger partial charge >= 0.3 is 5.97 Å². The summed E-state index contributed by atoms with van der Waals surface area (Å²) in [6.45, 7) is 7.98. The molecule has 0 radical (unpaired) electrons. The van der Waals surface area contributed by atoms with Crippen molar-refractivity contribution in [2.24, 2.45) is 0 Å². The first-order valence-electron chi connectivity index (χ1n) is 4.68. The largest absolute Gasteiger partial charge is 0.465 e. The highest BCUT2D eigenvalue weighted by Gasteiger charge is 2.01. The number of alkyl halides is 1. The van der Waals surface area contributed by atoms with Crippen molar-refractivity contribution in [1.29, 1.82) is 0 Å². The molecule has 0 fully saturated rings. The van der Waals surface area contributed by atoms with E-state index in [4.69, 9.17) is 4.74 Å². The van der Waals surface area contributed by atoms with Gasteiger partial charge in [0, 0.05) is 6.54 Å². The number of ether oxygens (including phenoxy) is 1. The summed E-state index contributed by atoms with van der Waals surface area (Å²) in [6.07, 6.45) is 0.935. The third-order valence-electron chi connectivity index (χ3n) is 1.89. The molecule has 0 aromatic heterocycles. The highest BCUT2D eigenvalue weighted by atomic mass is 127. The first kappa shape index (κ1) is 13.2. The minimum Gasteiger partial charge on any atom is -0.465 e. The number of halogens is 1. The van der Waals surface area contributed by atoms with Gasteiger partial charge in [-0.15, -0.1) is 0 Å². The summed E-state index contributed by atoms with van der Waals surface area (Å²) in [5.74, 6) is -0.111. The Bertz CT molecular complexity index is 138. The summed E-state index contributed by atoms with van der Waals surface area (Å²) in [6, 6.07) is 0. The Hall–Kier alpha value is 0.160. The van der Waals surface area contributed by atoms with Gasteiger partial charge in [-0.05, 0) is 19.5 Å². The summed E-state index contributed by atoms with van der Waals surface area (Å²) < 4.78 is 5.40. The SMILES string of the molecule is CCN(CC)CCCOC(=O)CI. The van der Waals surface area contributed by atoms with E-state index >= 15 is 0 Å². The maximum absolute atomic E-state index is 10.8. The summed E-state index contributed by atoms with van der Waals surface area (Å²) in [5, 5.41) is 0. The summed E-state index contributed by atoms with van der Waals surface area (Å²) in [4.78, 5) is 13.1. The topological polar surface area (TPSA) is 29.5 Å². The third-order valence-corrected chi connectivity index (χ3v) is 2.51. The second-order valence-corrected chi connectivity index (χ2v) is 3.50. The molecule has 0 amide bonds. The van der Waals surface area contributed by atoms with E-state index < -0.39 is 0 Å². The lowest BCUT2D eigenvalue weighted by Crippen LogP contribution is -2.25. The molecule has 0 spiro atoms. The van der Waals surface area contributed by atoms with Crippen molar-refractivity contribution in [2.45, 2.75) is 20.3 Å². The maximum atomic E-state index is 10.8. The highest BCUT2D eigenvalue weighted by molar-refractivity contribution is 14.1. The van der Waals surface area contributed by atoms with Crippen molar-refractivity contribution in [2.75, 3.05) is 30.7 Å². The van der Waals surface area contributed by atoms with E-state index in [2.05, 4.69) is 18.7 Å². The zero-order valence-electron chi connectivity index (χ0n) is 8.38. The van der Waals surface area contributed by atoms with E-state index in [1.54, 1.807) is 0 Å². The first-order valence-corrected chi connectivity index (χ1v) is 6.21. The smallest absolute Gasteiger partial charge is 0.315 e. The lowest BCUT2D eigenvalue weighted by Gasteiger charge is -2.17. The number of rotatable bonds is 7. The van der Waals surface area contributed by atoms with E-state index in [9.17, 15) is 4.79 Å². The molecule has 0 aliphatic rings. The minimum absolute atomic E-state index is 0.111. The molecule has 0 N–H and O–H groups in total. The lowest BCUT2D eigenvalue weighted by atomic mass is 10.4. The van der Waals surface area contributed by atoms with Crippen molar-refractivity contribution < 1.29 is 9.53 Å². The van der Waals surface area contributed by atoms with E-state index in [1.165, 1.54) is 0 Å². The number of nitrogens with zero attached hydrogens (tertiary/aromatic N) is 1. The van der Waals surface area contributed by atoms with E-state index in [0.717, 1.165) is 26.1 Å². The number of carbonyl (C=O) groups is 1. The molecule has 0 aromatic rings. The average molecular weight is 299 g/mol. The van der Waals surface area contributed by atoms with Crippen LogP contribution in [0.4, 0.5) is 0 Å². The lowest BCUT2D eigenvalue weighted by molar-refractivity contribution is -0.140. The quantitative estimate of drug-likeness (QED) is 0.310. The Kier molecular flexibility index (Phi) is 8.85. The Morgan fingerprint density at radius 3 is 2.46 bits per heavy atom. The molecule has 0 aromatic carbocycles. The van der Waals surface area contributed by atoms with Crippen molar-refractivity contribution in [3.05, 3.63) is 0 Å². The maximum Gasteiger partial charge on any atom is 0.315 e. The van der Waals surface area contributed by atoms with Gasteiger partial charge in [-0.2, -0.15) is 0 Å². The molecular formula is C9H18INO2. The van der Waals surface area contributed by atoms with Crippen LogP contribution < -0.4 is 0 Å². The predicted molar refractivity (Wildman–Crippen MR) is 62.3 cm³/mol. The molecule has 13 heavy (non-hydrogen) atoms. The molecule has 0 aliphatic carbocycles. The zero-order valence-corrected chi connectivity index (χ0v) is 10.5. The van der Waals surface area contributed by atoms with Gasteiger partial charge in [0.25, 0.3) is 0 Å². The first-order chi connectivity index (χ1) is 6.24. The number of hydrogen-bond donors (Lipinski definition) is 0. The van der Waals surface area contributed by atoms with Gasteiger partial charge in [-0.1, -0.05) is 36.4 Å². The molecule has 4 heteroatoms. The molecular weight excluding hydrogens is 281 g/mol. The van der Waals surface area contributed by atoms with Gasteiger partial charge in [-0.3, -0.25) is 4.79 Å². The van der Waals surface area contributed by atoms with Crippen LogP contribution in [0.15, 0.2) is 0 Å². The van der Waals surface area contributed by atoms with Crippen LogP contribution in [-0.2, 0) is 9.53 Å². The minimum atomic E-state index is -0.111. The number of hydrogen-bond acceptors (Lipinski definition) is 3. The van der Waals surface area contributed by atoms with Crippen LogP contribution in [0.5, 0.6) is 0 Å². The van der Waals surface area contributed by atoms with Gasteiger partial charge in [0.2, 0.25) is 0 Å². The number of carbonyl (C=O) groups excluding carboxylic acids is 1. The van der Waals surface area contributed by atoms with Crippen LogP contribution in [0, 0.1) is 0 Å². The average Bonchev–Trinajstić information content (AvgIpc) is 2.18. The predicted octanol–water partition coefficient (Wildman–Crippen LogP) is 1.70. The summed E-state index contributed by atoms with van der Waals surface area (Å²) >= 11 is 2.01. The molecule has 78 valence electrons. The van der Waals surface area contributed by atoms with Crippen LogP contribution in [0.1, 0.15) is 20.3 Å². The fourth-order valence-corrected chi connectivity index (χ4v) is 1.27. The van der Waals surface area contributed by atoms with Gasteiger partial charge in [-0.25, -0.2) is 0 Å². The van der Waals surface area contributed by atoms with Crippen molar-refractivity contribution in [1.82, 2.24) is 4.90 Å². The van der Waals surface area contributed by atoms with Crippen LogP contribution in [0.2, 0.25) is 0 Å². The molecule has 0 heterocycles. The van der Waals surface area contributed by atoms with Gasteiger partial charge in [0.15, 0.2) is 0 Å². The zero-order chi connectivity index (χ0) is 10.1. The van der Waals surface area contributed by atoms with Gasteiger partial charge in [0.1, 0.15) is 0 Å². The molecule has 0 saturated heterocycles. The fourth-order valence-electron chi connectivity index (χ4n) is 1.05. The van der Waals surface area contributed by atoms with Crippen molar-refractivity contribution >= 4 is 28.6 Å². The van der Waals surface area contributed by atoms with Crippen LogP contribution >= 0.6 is 22.6 Å². The molecule has 0 bridgehead atoms. The normalized spacial score (nSPS) is 10.5. The number of esters is 1. The molecule has 0 rings (SSSR count). The van der Waals surface area contributed by atoms with Crippen LogP contribution in [0.3, 0.4) is 0 Å². The van der Waals surface area contributed by atoms with Crippen molar-refractivity contribution in [3.8, 4) is 0 Å². The van der Waals surface area contributed by atoms with Gasteiger partial charge in [0.05, 0.1) is 11.0 Å². The molecule has 0 atom stereocenters. The van der Waals surface area contributed by atoms with Gasteiger partial charge < -0.3 is 9.64 Å². The van der Waals surface area contributed by atoms with E-state index in [0.29, 0.717) is 11.0 Å².